The van der Waals surface area contributed by atoms with E-state index in [1.54, 1.807) is 14.2 Å². The van der Waals surface area contributed by atoms with E-state index < -0.39 is 10.0 Å². The van der Waals surface area contributed by atoms with Gasteiger partial charge in [-0.05, 0) is 30.5 Å². The monoisotopic (exact) mass is 546 g/mol. The third kappa shape index (κ3) is 9.31. The van der Waals surface area contributed by atoms with Crippen molar-refractivity contribution in [1.29, 1.82) is 0 Å². The Morgan fingerprint density at radius 1 is 1.07 bits per heavy atom. The van der Waals surface area contributed by atoms with Gasteiger partial charge in [0.2, 0.25) is 10.0 Å². The van der Waals surface area contributed by atoms with Gasteiger partial charge in [-0.25, -0.2) is 13.1 Å². The van der Waals surface area contributed by atoms with Crippen molar-refractivity contribution in [3.63, 3.8) is 0 Å². The maximum absolute atomic E-state index is 12.1. The molecule has 9 heteroatoms. The summed E-state index contributed by atoms with van der Waals surface area (Å²) in [6.45, 7) is 3.24. The molecule has 0 radical (unpaired) electrons. The van der Waals surface area contributed by atoms with Crippen LogP contribution in [0.3, 0.4) is 0 Å². The summed E-state index contributed by atoms with van der Waals surface area (Å²) < 4.78 is 32.3. The quantitative estimate of drug-likeness (QED) is 0.242. The number of halogens is 1. The fraction of sp³-hybridized carbons (Fsp3) is 0.381. The molecular formula is C21H31IN4O3S. The predicted molar refractivity (Wildman–Crippen MR) is 133 cm³/mol. The van der Waals surface area contributed by atoms with Gasteiger partial charge in [-0.15, -0.1) is 24.0 Å². The number of rotatable bonds is 10. The molecule has 0 aliphatic heterocycles. The van der Waals surface area contributed by atoms with E-state index in [9.17, 15) is 8.42 Å². The minimum atomic E-state index is -3.37. The van der Waals surface area contributed by atoms with Crippen molar-refractivity contribution in [1.82, 2.24) is 15.4 Å². The first-order chi connectivity index (χ1) is 13.9. The van der Waals surface area contributed by atoms with Gasteiger partial charge >= 0.3 is 0 Å². The summed E-state index contributed by atoms with van der Waals surface area (Å²) in [5, 5.41) is 6.24. The number of aryl methyl sites for hydroxylation is 1. The molecule has 0 aliphatic rings. The molecule has 7 nitrogen and oxygen atoms in total. The average Bonchev–Trinajstić information content (AvgIpc) is 2.72. The van der Waals surface area contributed by atoms with Crippen LogP contribution in [0.1, 0.15) is 16.7 Å². The van der Waals surface area contributed by atoms with E-state index in [-0.39, 0.29) is 42.8 Å². The normalized spacial score (nSPS) is 11.5. The lowest BCUT2D eigenvalue weighted by molar-refractivity contribution is 0.409. The second-order valence-corrected chi connectivity index (χ2v) is 8.54. The third-order valence-electron chi connectivity index (χ3n) is 4.35. The Balaban J connectivity index is 0.00000450. The van der Waals surface area contributed by atoms with Crippen molar-refractivity contribution >= 4 is 40.0 Å². The highest BCUT2D eigenvalue weighted by Crippen LogP contribution is 2.19. The first-order valence-electron chi connectivity index (χ1n) is 9.53. The van der Waals surface area contributed by atoms with Crippen molar-refractivity contribution in [2.24, 2.45) is 4.99 Å². The van der Waals surface area contributed by atoms with Gasteiger partial charge in [-0.3, -0.25) is 4.99 Å². The molecule has 0 atom stereocenters. The third-order valence-corrected chi connectivity index (χ3v) is 5.67. The van der Waals surface area contributed by atoms with E-state index >= 15 is 0 Å². The summed E-state index contributed by atoms with van der Waals surface area (Å²) in [6.07, 6.45) is 0.766. The molecule has 0 bridgehead atoms. The minimum absolute atomic E-state index is 0. The number of hydrogen-bond acceptors (Lipinski definition) is 4. The smallest absolute Gasteiger partial charge is 0.213 e. The van der Waals surface area contributed by atoms with Crippen LogP contribution in [0, 0.1) is 6.92 Å². The lowest BCUT2D eigenvalue weighted by atomic mass is 10.1. The summed E-state index contributed by atoms with van der Waals surface area (Å²) in [6, 6.07) is 15.5. The highest BCUT2D eigenvalue weighted by Gasteiger charge is 2.10. The topological polar surface area (TPSA) is 91.8 Å². The van der Waals surface area contributed by atoms with Crippen LogP contribution in [-0.2, 0) is 23.0 Å². The Hall–Kier alpha value is -1.85. The molecule has 30 heavy (non-hydrogen) atoms. The first-order valence-corrected chi connectivity index (χ1v) is 11.2. The Labute approximate surface area is 196 Å². The summed E-state index contributed by atoms with van der Waals surface area (Å²) in [5.74, 6) is 1.39. The second-order valence-electron chi connectivity index (χ2n) is 6.62. The van der Waals surface area contributed by atoms with Crippen LogP contribution >= 0.6 is 24.0 Å². The molecule has 3 N–H and O–H groups in total. The molecule has 0 heterocycles. The fourth-order valence-electron chi connectivity index (χ4n) is 2.80. The molecule has 0 unspecified atom stereocenters. The minimum Gasteiger partial charge on any atom is -0.496 e. The van der Waals surface area contributed by atoms with E-state index in [1.807, 2.05) is 49.4 Å². The van der Waals surface area contributed by atoms with Crippen LogP contribution in [0.25, 0.3) is 0 Å². The van der Waals surface area contributed by atoms with Crippen LogP contribution in [-0.4, -0.2) is 47.4 Å². The number of benzene rings is 2. The summed E-state index contributed by atoms with van der Waals surface area (Å²) in [5.41, 5.74) is 3.22. The fourth-order valence-corrected chi connectivity index (χ4v) is 3.71. The van der Waals surface area contributed by atoms with Crippen LogP contribution in [0.5, 0.6) is 5.75 Å². The molecule has 0 aliphatic carbocycles. The van der Waals surface area contributed by atoms with Crippen molar-refractivity contribution < 1.29 is 13.2 Å². The van der Waals surface area contributed by atoms with Gasteiger partial charge in [0.25, 0.3) is 0 Å². The van der Waals surface area contributed by atoms with E-state index in [4.69, 9.17) is 4.74 Å². The zero-order valence-electron chi connectivity index (χ0n) is 17.6. The van der Waals surface area contributed by atoms with E-state index in [2.05, 4.69) is 26.4 Å². The molecular weight excluding hydrogens is 515 g/mol. The molecule has 0 fully saturated rings. The standard InChI is InChI=1S/C21H30N4O3S.HI/c1-17-9-10-20(28-3)19(15-17)11-12-23-21(22-2)24-13-14-29(26,27)25-16-18-7-5-4-6-8-18;/h4-10,15,25H,11-14,16H2,1-3H3,(H2,22,23,24);1H. The Morgan fingerprint density at radius 3 is 2.43 bits per heavy atom. The number of guanidine groups is 1. The second kappa shape index (κ2) is 13.5. The molecule has 2 aromatic rings. The van der Waals surface area contributed by atoms with E-state index in [0.29, 0.717) is 12.5 Å². The number of methoxy groups -OCH3 is 1. The SMILES string of the molecule is CN=C(NCCc1cc(C)ccc1OC)NCCS(=O)(=O)NCc1ccccc1.I. The van der Waals surface area contributed by atoms with Gasteiger partial charge in [0.1, 0.15) is 5.75 Å². The Morgan fingerprint density at radius 2 is 1.77 bits per heavy atom. The van der Waals surface area contributed by atoms with Gasteiger partial charge < -0.3 is 15.4 Å². The van der Waals surface area contributed by atoms with Crippen LogP contribution < -0.4 is 20.1 Å². The molecule has 166 valence electrons. The molecule has 2 rings (SSSR count). The zero-order chi connectivity index (χ0) is 21.1. The first kappa shape index (κ1) is 26.2. The molecule has 0 amide bonds. The van der Waals surface area contributed by atoms with Gasteiger partial charge in [0.05, 0.1) is 12.9 Å². The van der Waals surface area contributed by atoms with Crippen LogP contribution in [0.2, 0.25) is 0 Å². The number of sulfonamides is 1. The van der Waals surface area contributed by atoms with Crippen molar-refractivity contribution in [2.45, 2.75) is 19.9 Å². The molecule has 0 aromatic heterocycles. The molecule has 2 aromatic carbocycles. The van der Waals surface area contributed by atoms with Gasteiger partial charge in [-0.1, -0.05) is 48.0 Å². The summed E-state index contributed by atoms with van der Waals surface area (Å²) in [4.78, 5) is 4.14. The van der Waals surface area contributed by atoms with Crippen molar-refractivity contribution in [3.8, 4) is 5.75 Å². The highest BCUT2D eigenvalue weighted by molar-refractivity contribution is 14.0. The Bertz CT molecular complexity index is 906. The average molecular weight is 546 g/mol. The summed E-state index contributed by atoms with van der Waals surface area (Å²) >= 11 is 0. The van der Waals surface area contributed by atoms with Gasteiger partial charge in [0.15, 0.2) is 5.96 Å². The largest absolute Gasteiger partial charge is 0.496 e. The number of aliphatic imine (C=N–C) groups is 1. The van der Waals surface area contributed by atoms with Gasteiger partial charge in [0, 0.05) is 26.7 Å². The van der Waals surface area contributed by atoms with Crippen molar-refractivity contribution in [3.05, 3.63) is 65.2 Å². The summed E-state index contributed by atoms with van der Waals surface area (Å²) in [7, 11) is -0.0542. The molecule has 0 saturated heterocycles. The zero-order valence-corrected chi connectivity index (χ0v) is 20.8. The molecule has 0 saturated carbocycles. The highest BCUT2D eigenvalue weighted by atomic mass is 127. The number of hydrogen-bond donors (Lipinski definition) is 3. The lowest BCUT2D eigenvalue weighted by Crippen LogP contribution is -2.41. The number of nitrogens with one attached hydrogen (secondary N) is 3. The maximum atomic E-state index is 12.1. The number of nitrogens with zero attached hydrogens (tertiary/aromatic N) is 1. The predicted octanol–water partition coefficient (Wildman–Crippen LogP) is 2.45. The maximum Gasteiger partial charge on any atom is 0.213 e. The van der Waals surface area contributed by atoms with Crippen LogP contribution in [0.15, 0.2) is 53.5 Å². The van der Waals surface area contributed by atoms with E-state index in [1.165, 1.54) is 5.56 Å². The van der Waals surface area contributed by atoms with Gasteiger partial charge in [-0.2, -0.15) is 0 Å². The van der Waals surface area contributed by atoms with Crippen molar-refractivity contribution in [2.75, 3.05) is 33.0 Å². The van der Waals surface area contributed by atoms with E-state index in [0.717, 1.165) is 23.3 Å². The number of ether oxygens (including phenoxy) is 1. The Kier molecular flexibility index (Phi) is 11.7. The lowest BCUT2D eigenvalue weighted by Gasteiger charge is -2.14. The molecule has 0 spiro atoms. The van der Waals surface area contributed by atoms with Crippen LogP contribution in [0.4, 0.5) is 0 Å².